The first kappa shape index (κ1) is 25.8. The second-order valence-electron chi connectivity index (χ2n) is 9.82. The predicted molar refractivity (Wildman–Crippen MR) is 137 cm³/mol. The Morgan fingerprint density at radius 1 is 1.05 bits per heavy atom. The van der Waals surface area contributed by atoms with Crippen LogP contribution in [0, 0.1) is 0 Å². The first-order valence-electron chi connectivity index (χ1n) is 12.0. The van der Waals surface area contributed by atoms with Gasteiger partial charge >= 0.3 is 12.2 Å². The van der Waals surface area contributed by atoms with E-state index in [0.717, 1.165) is 16.7 Å². The number of anilines is 1. The summed E-state index contributed by atoms with van der Waals surface area (Å²) in [6.07, 6.45) is 0.919. The molecule has 1 amide bonds. The molecule has 37 heavy (non-hydrogen) atoms. The number of amides is 1. The molecule has 0 bridgehead atoms. The van der Waals surface area contributed by atoms with E-state index in [1.807, 2.05) is 42.5 Å². The molecule has 4 rings (SSSR count). The van der Waals surface area contributed by atoms with Crippen molar-refractivity contribution >= 4 is 17.9 Å². The second kappa shape index (κ2) is 10.8. The fraction of sp³-hybridized carbons (Fsp3) is 0.321. The number of nitrogens with zero attached hydrogens (tertiary/aromatic N) is 1. The zero-order valence-electron chi connectivity index (χ0n) is 21.2. The molecule has 3 N–H and O–H groups in total. The molecule has 0 fully saturated rings. The van der Waals surface area contributed by atoms with Crippen LogP contribution in [-0.4, -0.2) is 28.6 Å². The normalized spacial score (nSPS) is 16.7. The quantitative estimate of drug-likeness (QED) is 0.332. The van der Waals surface area contributed by atoms with Crippen molar-refractivity contribution in [1.29, 1.82) is 0 Å². The van der Waals surface area contributed by atoms with Crippen LogP contribution in [0.1, 0.15) is 43.9 Å². The number of carbonyl (C=O) groups excluding carboxylic acids is 2. The Morgan fingerprint density at radius 3 is 2.57 bits per heavy atom. The van der Waals surface area contributed by atoms with E-state index in [-0.39, 0.29) is 18.9 Å². The van der Waals surface area contributed by atoms with Crippen LogP contribution < -0.4 is 15.8 Å². The van der Waals surface area contributed by atoms with Crippen LogP contribution in [0.3, 0.4) is 0 Å². The van der Waals surface area contributed by atoms with Crippen molar-refractivity contribution in [1.82, 2.24) is 10.3 Å². The first-order chi connectivity index (χ1) is 17.6. The molecule has 9 heteroatoms. The molecule has 194 valence electrons. The zero-order chi connectivity index (χ0) is 26.5. The summed E-state index contributed by atoms with van der Waals surface area (Å²) in [5, 5.41) is 2.78. The van der Waals surface area contributed by atoms with E-state index in [0.29, 0.717) is 24.3 Å². The van der Waals surface area contributed by atoms with Crippen molar-refractivity contribution < 1.29 is 28.5 Å². The van der Waals surface area contributed by atoms with Gasteiger partial charge in [-0.3, -0.25) is 5.32 Å². The summed E-state index contributed by atoms with van der Waals surface area (Å²) in [6.45, 7) is 5.31. The van der Waals surface area contributed by atoms with E-state index in [4.69, 9.17) is 24.7 Å². The molecule has 9 nitrogen and oxygen atoms in total. The molecule has 0 saturated carbocycles. The molecule has 1 aliphatic carbocycles. The average Bonchev–Trinajstić information content (AvgIpc) is 2.84. The maximum Gasteiger partial charge on any atom is 0.510 e. The lowest BCUT2D eigenvalue weighted by atomic mass is 9.85. The van der Waals surface area contributed by atoms with E-state index in [2.05, 4.69) is 10.3 Å². The van der Waals surface area contributed by atoms with Gasteiger partial charge in [0, 0.05) is 24.6 Å². The first-order valence-corrected chi connectivity index (χ1v) is 12.0. The zero-order valence-corrected chi connectivity index (χ0v) is 21.2. The molecule has 1 atom stereocenters. The molecule has 2 aromatic carbocycles. The minimum absolute atomic E-state index is 0.0338. The van der Waals surface area contributed by atoms with Crippen molar-refractivity contribution in [2.24, 2.45) is 0 Å². The molecule has 1 aromatic heterocycles. The molecular weight excluding hydrogens is 474 g/mol. The van der Waals surface area contributed by atoms with Crippen molar-refractivity contribution in [2.75, 3.05) is 5.73 Å². The Bertz CT molecular complexity index is 1260. The van der Waals surface area contributed by atoms with Gasteiger partial charge in [-0.2, -0.15) is 0 Å². The number of ether oxygens (including phenoxy) is 4. The maximum atomic E-state index is 12.8. The second-order valence-corrected chi connectivity index (χ2v) is 9.82. The lowest BCUT2D eigenvalue weighted by Gasteiger charge is -2.38. The minimum Gasteiger partial charge on any atom is -0.444 e. The van der Waals surface area contributed by atoms with E-state index in [1.54, 1.807) is 45.2 Å². The van der Waals surface area contributed by atoms with E-state index in [9.17, 15) is 9.59 Å². The summed E-state index contributed by atoms with van der Waals surface area (Å²) < 4.78 is 22.7. The van der Waals surface area contributed by atoms with Crippen LogP contribution in [-0.2, 0) is 33.7 Å². The number of pyridine rings is 1. The third kappa shape index (κ3) is 6.91. The molecule has 3 aromatic rings. The summed E-state index contributed by atoms with van der Waals surface area (Å²) in [7, 11) is 0. The summed E-state index contributed by atoms with van der Waals surface area (Å²) >= 11 is 0. The van der Waals surface area contributed by atoms with E-state index >= 15 is 0 Å². The molecule has 1 heterocycles. The Hall–Kier alpha value is -4.27. The van der Waals surface area contributed by atoms with Gasteiger partial charge in [-0.15, -0.1) is 0 Å². The number of alkyl carbamates (subject to hydrolysis) is 1. The summed E-state index contributed by atoms with van der Waals surface area (Å²) in [5.41, 5.74) is 6.81. The Labute approximate surface area is 215 Å². The van der Waals surface area contributed by atoms with Crippen LogP contribution in [0.4, 0.5) is 15.3 Å². The number of nitrogens with two attached hydrogens (primary N) is 1. The topological polar surface area (TPSA) is 122 Å². The lowest BCUT2D eigenvalue weighted by Crippen LogP contribution is -2.56. The van der Waals surface area contributed by atoms with Crippen molar-refractivity contribution in [3.8, 4) is 11.6 Å². The molecule has 0 radical (unpaired) electrons. The average molecular weight is 506 g/mol. The molecular formula is C28H31N3O6. The van der Waals surface area contributed by atoms with Crippen molar-refractivity contribution in [3.63, 3.8) is 0 Å². The predicted octanol–water partition coefficient (Wildman–Crippen LogP) is 5.52. The van der Waals surface area contributed by atoms with Crippen molar-refractivity contribution in [3.05, 3.63) is 83.6 Å². The third-order valence-electron chi connectivity index (χ3n) is 5.70. The standard InChI is InChI=1S/C28H31N3O6/c1-27(2,3)36-25(32)31-28(37-26(33)34-18-19-9-5-4-6-10-19)15-14-20-11-7-13-23(21(20)17-28)35-24-22(29)12-8-16-30-24/h4-13,16H,14-15,17-18,29H2,1-3H3,(H,31,32)/t28-/m1/s1. The largest absolute Gasteiger partial charge is 0.510 e. The summed E-state index contributed by atoms with van der Waals surface area (Å²) in [4.78, 5) is 29.8. The number of aryl methyl sites for hydroxylation is 1. The number of hydrogen-bond donors (Lipinski definition) is 2. The smallest absolute Gasteiger partial charge is 0.444 e. The van der Waals surface area contributed by atoms with Gasteiger partial charge in [-0.1, -0.05) is 42.5 Å². The number of carbonyl (C=O) groups is 2. The number of rotatable bonds is 6. The van der Waals surface area contributed by atoms with Crippen molar-refractivity contribution in [2.45, 2.75) is 58.0 Å². The van der Waals surface area contributed by atoms with Gasteiger partial charge < -0.3 is 24.7 Å². The van der Waals surface area contributed by atoms with E-state index < -0.39 is 23.6 Å². The highest BCUT2D eigenvalue weighted by Gasteiger charge is 2.42. The maximum absolute atomic E-state index is 12.8. The molecule has 1 aliphatic rings. The highest BCUT2D eigenvalue weighted by Crippen LogP contribution is 2.38. The van der Waals surface area contributed by atoms with Crippen LogP contribution in [0.15, 0.2) is 66.9 Å². The van der Waals surface area contributed by atoms with Gasteiger partial charge in [0.1, 0.15) is 18.0 Å². The fourth-order valence-corrected chi connectivity index (χ4v) is 4.06. The number of nitrogen functional groups attached to an aromatic ring is 1. The molecule has 0 spiro atoms. The van der Waals surface area contributed by atoms with Crippen LogP contribution in [0.2, 0.25) is 0 Å². The van der Waals surface area contributed by atoms with Crippen LogP contribution in [0.25, 0.3) is 0 Å². The Kier molecular flexibility index (Phi) is 7.52. The number of fused-ring (bicyclic) bond motifs is 1. The van der Waals surface area contributed by atoms with Gasteiger partial charge in [0.25, 0.3) is 0 Å². The number of benzene rings is 2. The molecule has 0 saturated heterocycles. The summed E-state index contributed by atoms with van der Waals surface area (Å²) in [5.74, 6) is 0.759. The Morgan fingerprint density at radius 2 is 1.84 bits per heavy atom. The fourth-order valence-electron chi connectivity index (χ4n) is 4.06. The lowest BCUT2D eigenvalue weighted by molar-refractivity contribution is -0.0672. The van der Waals surface area contributed by atoms with Gasteiger partial charge in [0.05, 0.1) is 5.69 Å². The van der Waals surface area contributed by atoms with Gasteiger partial charge in [-0.05, 0) is 56.5 Å². The third-order valence-corrected chi connectivity index (χ3v) is 5.70. The number of hydrogen-bond acceptors (Lipinski definition) is 8. The number of nitrogens with one attached hydrogen (secondary N) is 1. The van der Waals surface area contributed by atoms with Gasteiger partial charge in [0.2, 0.25) is 5.88 Å². The highest BCUT2D eigenvalue weighted by atomic mass is 16.7. The minimum atomic E-state index is -1.42. The van der Waals surface area contributed by atoms with E-state index in [1.165, 1.54) is 0 Å². The van der Waals surface area contributed by atoms with Gasteiger partial charge in [0.15, 0.2) is 5.72 Å². The molecule has 0 unspecified atom stereocenters. The summed E-state index contributed by atoms with van der Waals surface area (Å²) in [6, 6.07) is 18.3. The molecule has 0 aliphatic heterocycles. The highest BCUT2D eigenvalue weighted by molar-refractivity contribution is 5.70. The number of aromatic nitrogens is 1. The van der Waals surface area contributed by atoms with Crippen LogP contribution in [0.5, 0.6) is 11.6 Å². The monoisotopic (exact) mass is 505 g/mol. The Balaban J connectivity index is 1.59. The van der Waals surface area contributed by atoms with Crippen LogP contribution >= 0.6 is 0 Å². The van der Waals surface area contributed by atoms with Gasteiger partial charge in [-0.25, -0.2) is 14.6 Å². The SMILES string of the molecule is CC(C)(C)OC(=O)N[C@@]1(OC(=O)OCc2ccccc2)CCc2cccc(Oc3ncccc3N)c2C1.